The average molecular weight is 494 g/mol. The number of para-hydroxylation sites is 1. The number of aromatic nitrogens is 1. The van der Waals surface area contributed by atoms with Gasteiger partial charge in [0.25, 0.3) is 5.91 Å². The lowest BCUT2D eigenvalue weighted by Crippen LogP contribution is -2.64. The van der Waals surface area contributed by atoms with Gasteiger partial charge in [0.2, 0.25) is 5.91 Å². The van der Waals surface area contributed by atoms with Crippen molar-refractivity contribution in [1.82, 2.24) is 14.8 Å². The first-order valence-electron chi connectivity index (χ1n) is 12.8. The highest BCUT2D eigenvalue weighted by Crippen LogP contribution is 2.38. The number of hydrogen-bond donors (Lipinski definition) is 1. The van der Waals surface area contributed by atoms with Gasteiger partial charge in [-0.05, 0) is 32.8 Å². The van der Waals surface area contributed by atoms with Gasteiger partial charge in [0.1, 0.15) is 17.0 Å². The molecular weight excluding hydrogens is 458 g/mol. The Kier molecular flexibility index (Phi) is 6.45. The molecule has 2 amide bonds. The molecule has 1 atom stereocenters. The largest absolute Gasteiger partial charge is 0.493 e. The van der Waals surface area contributed by atoms with Crippen molar-refractivity contribution in [2.75, 3.05) is 14.2 Å². The molecule has 0 spiro atoms. The normalized spacial score (nSPS) is 20.8. The summed E-state index contributed by atoms with van der Waals surface area (Å²) in [6, 6.07) is 9.43. The SMILES string of the molecule is COc1cccc(CN2C(=O)c3cc4oc(C)cc4n3C[C@]2(C)C(=O)NC2CCCCCC2)c1OC. The summed E-state index contributed by atoms with van der Waals surface area (Å²) < 4.78 is 18.9. The fourth-order valence-corrected chi connectivity index (χ4v) is 5.72. The summed E-state index contributed by atoms with van der Waals surface area (Å²) in [5.74, 6) is 1.58. The van der Waals surface area contributed by atoms with Crippen molar-refractivity contribution < 1.29 is 23.5 Å². The van der Waals surface area contributed by atoms with Crippen molar-refractivity contribution in [1.29, 1.82) is 0 Å². The molecule has 1 aliphatic carbocycles. The Labute approximate surface area is 211 Å². The Balaban J connectivity index is 1.56. The zero-order valence-electron chi connectivity index (χ0n) is 21.6. The van der Waals surface area contributed by atoms with Crippen LogP contribution in [0, 0.1) is 6.92 Å². The molecule has 8 nitrogen and oxygen atoms in total. The van der Waals surface area contributed by atoms with Crippen molar-refractivity contribution in [3.63, 3.8) is 0 Å². The van der Waals surface area contributed by atoms with E-state index in [-0.39, 0.29) is 24.4 Å². The molecular formula is C28H35N3O5. The number of ether oxygens (including phenoxy) is 2. The van der Waals surface area contributed by atoms with Gasteiger partial charge < -0.3 is 28.7 Å². The van der Waals surface area contributed by atoms with E-state index in [1.165, 1.54) is 12.8 Å². The average Bonchev–Trinajstić information content (AvgIpc) is 3.26. The second-order valence-electron chi connectivity index (χ2n) is 10.2. The molecule has 2 aliphatic rings. The molecule has 0 saturated heterocycles. The first-order valence-corrected chi connectivity index (χ1v) is 12.8. The molecule has 1 N–H and O–H groups in total. The molecule has 2 aromatic heterocycles. The predicted molar refractivity (Wildman–Crippen MR) is 136 cm³/mol. The fourth-order valence-electron chi connectivity index (χ4n) is 5.72. The summed E-state index contributed by atoms with van der Waals surface area (Å²) in [5.41, 5.74) is 1.68. The molecule has 3 heterocycles. The van der Waals surface area contributed by atoms with Crippen LogP contribution in [0.3, 0.4) is 0 Å². The van der Waals surface area contributed by atoms with Crippen molar-refractivity contribution in [2.24, 2.45) is 0 Å². The van der Waals surface area contributed by atoms with Crippen LogP contribution < -0.4 is 14.8 Å². The third-order valence-corrected chi connectivity index (χ3v) is 7.73. The highest BCUT2D eigenvalue weighted by molar-refractivity contribution is 6.03. The van der Waals surface area contributed by atoms with Crippen LogP contribution in [0.15, 0.2) is 34.7 Å². The molecule has 192 valence electrons. The van der Waals surface area contributed by atoms with Crippen LogP contribution in [0.2, 0.25) is 0 Å². The van der Waals surface area contributed by atoms with E-state index in [9.17, 15) is 9.59 Å². The number of fused-ring (bicyclic) bond motifs is 3. The van der Waals surface area contributed by atoms with Crippen molar-refractivity contribution in [2.45, 2.75) is 77.0 Å². The van der Waals surface area contributed by atoms with Gasteiger partial charge in [-0.15, -0.1) is 0 Å². The number of carbonyl (C=O) groups is 2. The molecule has 1 saturated carbocycles. The van der Waals surface area contributed by atoms with Gasteiger partial charge in [0.05, 0.1) is 32.8 Å². The number of amides is 2. The fraction of sp³-hybridized carbons (Fsp3) is 0.500. The number of methoxy groups -OCH3 is 2. The summed E-state index contributed by atoms with van der Waals surface area (Å²) >= 11 is 0. The molecule has 0 bridgehead atoms. The van der Waals surface area contributed by atoms with E-state index < -0.39 is 5.54 Å². The lowest BCUT2D eigenvalue weighted by molar-refractivity contribution is -0.134. The Morgan fingerprint density at radius 2 is 1.89 bits per heavy atom. The smallest absolute Gasteiger partial charge is 0.271 e. The van der Waals surface area contributed by atoms with Crippen molar-refractivity contribution in [3.8, 4) is 11.5 Å². The number of benzene rings is 1. The summed E-state index contributed by atoms with van der Waals surface area (Å²) in [6.07, 6.45) is 6.58. The lowest BCUT2D eigenvalue weighted by atomic mass is 9.92. The summed E-state index contributed by atoms with van der Waals surface area (Å²) in [6.45, 7) is 4.29. The van der Waals surface area contributed by atoms with Gasteiger partial charge in [0, 0.05) is 23.7 Å². The van der Waals surface area contributed by atoms with E-state index in [1.54, 1.807) is 25.2 Å². The van der Waals surface area contributed by atoms with E-state index in [0.717, 1.165) is 42.5 Å². The van der Waals surface area contributed by atoms with Gasteiger partial charge in [-0.25, -0.2) is 0 Å². The van der Waals surface area contributed by atoms with Crippen molar-refractivity contribution in [3.05, 3.63) is 47.3 Å². The quantitative estimate of drug-likeness (QED) is 0.498. The van der Waals surface area contributed by atoms with Gasteiger partial charge in [0.15, 0.2) is 17.1 Å². The molecule has 0 unspecified atom stereocenters. The molecule has 0 radical (unpaired) electrons. The second kappa shape index (κ2) is 9.56. The highest BCUT2D eigenvalue weighted by atomic mass is 16.5. The standard InChI is InChI=1S/C28H35N3O5/c1-18-14-21-24(36-18)15-22-26(32)31(16-19-10-9-13-23(34-3)25(19)35-4)28(2,17-30(21)22)27(33)29-20-11-7-5-6-8-12-20/h9-10,13-15,20H,5-8,11-12,16-17H2,1-4H3,(H,29,33)/t28-/m1/s1. The summed E-state index contributed by atoms with van der Waals surface area (Å²) in [4.78, 5) is 29.7. The number of nitrogens with zero attached hydrogens (tertiary/aromatic N) is 2. The summed E-state index contributed by atoms with van der Waals surface area (Å²) in [7, 11) is 3.17. The predicted octanol–water partition coefficient (Wildman–Crippen LogP) is 4.81. The zero-order chi connectivity index (χ0) is 25.4. The number of carbonyl (C=O) groups excluding carboxylic acids is 2. The van der Waals surface area contributed by atoms with Crippen LogP contribution in [-0.2, 0) is 17.9 Å². The van der Waals surface area contributed by atoms with Crippen LogP contribution >= 0.6 is 0 Å². The maximum atomic E-state index is 14.0. The minimum Gasteiger partial charge on any atom is -0.493 e. The van der Waals surface area contributed by atoms with Crippen LogP contribution in [0.4, 0.5) is 0 Å². The number of hydrogen-bond acceptors (Lipinski definition) is 5. The molecule has 5 rings (SSSR count). The van der Waals surface area contributed by atoms with Crippen LogP contribution in [0.5, 0.6) is 11.5 Å². The van der Waals surface area contributed by atoms with Crippen LogP contribution in [-0.4, -0.2) is 47.1 Å². The Bertz CT molecular complexity index is 1280. The summed E-state index contributed by atoms with van der Waals surface area (Å²) in [5, 5.41) is 3.31. The number of rotatable bonds is 6. The number of nitrogens with one attached hydrogen (secondary N) is 1. The van der Waals surface area contributed by atoms with Gasteiger partial charge in [-0.3, -0.25) is 9.59 Å². The highest BCUT2D eigenvalue weighted by Gasteiger charge is 2.48. The maximum Gasteiger partial charge on any atom is 0.271 e. The Morgan fingerprint density at radius 1 is 1.14 bits per heavy atom. The Morgan fingerprint density at radius 3 is 2.58 bits per heavy atom. The van der Waals surface area contributed by atoms with Crippen LogP contribution in [0.1, 0.15) is 67.3 Å². The third kappa shape index (κ3) is 4.12. The van der Waals surface area contributed by atoms with Crippen molar-refractivity contribution >= 4 is 22.9 Å². The van der Waals surface area contributed by atoms with Gasteiger partial charge in [-0.1, -0.05) is 37.8 Å². The molecule has 1 aromatic carbocycles. The van der Waals surface area contributed by atoms with E-state index in [2.05, 4.69) is 5.32 Å². The first kappa shape index (κ1) is 24.3. The van der Waals surface area contributed by atoms with E-state index >= 15 is 0 Å². The molecule has 1 aliphatic heterocycles. The molecule has 1 fully saturated rings. The van der Waals surface area contributed by atoms with Gasteiger partial charge in [-0.2, -0.15) is 0 Å². The molecule has 8 heteroatoms. The zero-order valence-corrected chi connectivity index (χ0v) is 21.6. The van der Waals surface area contributed by atoms with Gasteiger partial charge >= 0.3 is 0 Å². The minimum absolute atomic E-state index is 0.127. The van der Waals surface area contributed by atoms with Crippen LogP contribution in [0.25, 0.3) is 11.1 Å². The number of aryl methyl sites for hydroxylation is 1. The lowest BCUT2D eigenvalue weighted by Gasteiger charge is -2.44. The number of furan rings is 1. The Hall–Kier alpha value is -3.42. The third-order valence-electron chi connectivity index (χ3n) is 7.73. The molecule has 3 aromatic rings. The minimum atomic E-state index is -1.11. The monoisotopic (exact) mass is 493 g/mol. The van der Waals surface area contributed by atoms with E-state index in [1.807, 2.05) is 42.7 Å². The topological polar surface area (TPSA) is 85.9 Å². The second-order valence-corrected chi connectivity index (χ2v) is 10.2. The van der Waals surface area contributed by atoms with E-state index in [0.29, 0.717) is 29.3 Å². The van der Waals surface area contributed by atoms with E-state index in [4.69, 9.17) is 13.9 Å². The first-order chi connectivity index (χ1) is 17.4. The molecule has 36 heavy (non-hydrogen) atoms. The maximum absolute atomic E-state index is 14.0.